The molecule has 1 heterocycles. The molecule has 7 heteroatoms. The SMILES string of the molecule is CCCCN1C(=O)c2ccc(C(=O)O[C@@H](C)C(=O)N(C)C)cc2C1=O. The van der Waals surface area contributed by atoms with Gasteiger partial charge in [-0.1, -0.05) is 13.3 Å². The summed E-state index contributed by atoms with van der Waals surface area (Å²) in [6.45, 7) is 3.81. The number of amides is 3. The molecule has 3 amide bonds. The van der Waals surface area contributed by atoms with Crippen LogP contribution in [0.4, 0.5) is 0 Å². The van der Waals surface area contributed by atoms with Crippen molar-refractivity contribution in [3.05, 3.63) is 34.9 Å². The number of unbranched alkanes of at least 4 members (excludes halogenated alkanes) is 1. The van der Waals surface area contributed by atoms with E-state index in [0.29, 0.717) is 6.54 Å². The number of fused-ring (bicyclic) bond motifs is 1. The van der Waals surface area contributed by atoms with Gasteiger partial charge in [-0.3, -0.25) is 19.3 Å². The van der Waals surface area contributed by atoms with Crippen molar-refractivity contribution in [1.29, 1.82) is 0 Å². The number of nitrogens with zero attached hydrogens (tertiary/aromatic N) is 2. The molecule has 0 radical (unpaired) electrons. The van der Waals surface area contributed by atoms with E-state index in [2.05, 4.69) is 0 Å². The van der Waals surface area contributed by atoms with E-state index >= 15 is 0 Å². The summed E-state index contributed by atoms with van der Waals surface area (Å²) in [6, 6.07) is 4.25. The number of carbonyl (C=O) groups excluding carboxylic acids is 4. The number of ether oxygens (including phenoxy) is 1. The summed E-state index contributed by atoms with van der Waals surface area (Å²) in [5.41, 5.74) is 0.618. The fraction of sp³-hybridized carbons (Fsp3) is 0.444. The second-order valence-electron chi connectivity index (χ2n) is 6.16. The zero-order valence-electron chi connectivity index (χ0n) is 14.9. The van der Waals surface area contributed by atoms with Crippen molar-refractivity contribution in [2.24, 2.45) is 0 Å². The van der Waals surface area contributed by atoms with E-state index < -0.39 is 18.0 Å². The Hall–Kier alpha value is -2.70. The predicted molar refractivity (Wildman–Crippen MR) is 90.3 cm³/mol. The molecule has 0 fully saturated rings. The third kappa shape index (κ3) is 3.70. The van der Waals surface area contributed by atoms with Crippen LogP contribution in [-0.2, 0) is 9.53 Å². The standard InChI is InChI=1S/C18H22N2O5/c1-5-6-9-20-16(22)13-8-7-12(10-14(13)17(20)23)18(24)25-11(2)15(21)19(3)4/h7-8,10-11H,5-6,9H2,1-4H3/t11-/m0/s1. The first-order valence-electron chi connectivity index (χ1n) is 8.20. The van der Waals surface area contributed by atoms with Crippen LogP contribution in [-0.4, -0.2) is 60.2 Å². The Bertz CT molecular complexity index is 726. The van der Waals surface area contributed by atoms with Crippen LogP contribution in [0.15, 0.2) is 18.2 Å². The van der Waals surface area contributed by atoms with Gasteiger partial charge in [0, 0.05) is 20.6 Å². The first-order chi connectivity index (χ1) is 11.8. The van der Waals surface area contributed by atoms with Gasteiger partial charge in [-0.2, -0.15) is 0 Å². The molecular weight excluding hydrogens is 324 g/mol. The summed E-state index contributed by atoms with van der Waals surface area (Å²) in [6.07, 6.45) is 0.655. The smallest absolute Gasteiger partial charge is 0.338 e. The Morgan fingerprint density at radius 2 is 1.80 bits per heavy atom. The number of rotatable bonds is 6. The van der Waals surface area contributed by atoms with Gasteiger partial charge in [-0.25, -0.2) is 4.79 Å². The fourth-order valence-corrected chi connectivity index (χ4v) is 2.58. The lowest BCUT2D eigenvalue weighted by atomic mass is 10.1. The molecule has 25 heavy (non-hydrogen) atoms. The van der Waals surface area contributed by atoms with E-state index in [1.807, 2.05) is 6.92 Å². The number of hydrogen-bond acceptors (Lipinski definition) is 5. The van der Waals surface area contributed by atoms with E-state index in [4.69, 9.17) is 4.74 Å². The first kappa shape index (κ1) is 18.6. The topological polar surface area (TPSA) is 84.0 Å². The molecule has 0 N–H and O–H groups in total. The van der Waals surface area contributed by atoms with Crippen LogP contribution < -0.4 is 0 Å². The number of hydrogen-bond donors (Lipinski definition) is 0. The lowest BCUT2D eigenvalue weighted by molar-refractivity contribution is -0.137. The normalized spacial score (nSPS) is 14.3. The van der Waals surface area contributed by atoms with Crippen LogP contribution >= 0.6 is 0 Å². The Kier molecular flexibility index (Phi) is 5.56. The van der Waals surface area contributed by atoms with Crippen LogP contribution in [0, 0.1) is 0 Å². The maximum Gasteiger partial charge on any atom is 0.338 e. The molecule has 0 aliphatic carbocycles. The highest BCUT2D eigenvalue weighted by atomic mass is 16.5. The van der Waals surface area contributed by atoms with Gasteiger partial charge in [-0.15, -0.1) is 0 Å². The molecule has 0 spiro atoms. The van der Waals surface area contributed by atoms with Gasteiger partial charge in [0.1, 0.15) is 0 Å². The van der Waals surface area contributed by atoms with Crippen molar-refractivity contribution < 1.29 is 23.9 Å². The van der Waals surface area contributed by atoms with E-state index in [1.54, 1.807) is 14.1 Å². The molecule has 2 rings (SSSR count). The van der Waals surface area contributed by atoms with Gasteiger partial charge in [0.15, 0.2) is 6.10 Å². The average Bonchev–Trinajstić information content (AvgIpc) is 2.82. The Morgan fingerprint density at radius 1 is 1.16 bits per heavy atom. The molecule has 0 saturated heterocycles. The molecule has 1 aliphatic heterocycles. The maximum atomic E-state index is 12.4. The van der Waals surface area contributed by atoms with Crippen molar-refractivity contribution in [3.8, 4) is 0 Å². The van der Waals surface area contributed by atoms with Crippen LogP contribution in [0.5, 0.6) is 0 Å². The van der Waals surface area contributed by atoms with E-state index in [9.17, 15) is 19.2 Å². The third-order valence-electron chi connectivity index (χ3n) is 4.01. The van der Waals surface area contributed by atoms with Gasteiger partial charge < -0.3 is 9.64 Å². The molecule has 134 valence electrons. The number of carbonyl (C=O) groups is 4. The van der Waals surface area contributed by atoms with Gasteiger partial charge in [-0.05, 0) is 31.5 Å². The summed E-state index contributed by atoms with van der Waals surface area (Å²) in [5.74, 6) is -1.80. The highest BCUT2D eigenvalue weighted by molar-refractivity contribution is 6.22. The molecule has 0 aromatic heterocycles. The zero-order chi connectivity index (χ0) is 18.7. The largest absolute Gasteiger partial charge is 0.449 e. The minimum absolute atomic E-state index is 0.135. The van der Waals surface area contributed by atoms with E-state index in [0.717, 1.165) is 12.8 Å². The van der Waals surface area contributed by atoms with Crippen LogP contribution in [0.2, 0.25) is 0 Å². The number of imide groups is 1. The second kappa shape index (κ2) is 7.46. The maximum absolute atomic E-state index is 12.4. The molecule has 1 atom stereocenters. The van der Waals surface area contributed by atoms with Crippen LogP contribution in [0.3, 0.4) is 0 Å². The molecule has 0 saturated carbocycles. The summed E-state index contributed by atoms with van der Waals surface area (Å²) in [4.78, 5) is 51.2. The van der Waals surface area contributed by atoms with Crippen LogP contribution in [0.25, 0.3) is 0 Å². The van der Waals surface area contributed by atoms with Crippen molar-refractivity contribution >= 4 is 23.7 Å². The average molecular weight is 346 g/mol. The fourth-order valence-electron chi connectivity index (χ4n) is 2.58. The Balaban J connectivity index is 2.18. The van der Waals surface area contributed by atoms with E-state index in [-0.39, 0.29) is 28.5 Å². The lowest BCUT2D eigenvalue weighted by Gasteiger charge is -2.17. The summed E-state index contributed by atoms with van der Waals surface area (Å²) in [7, 11) is 3.13. The van der Waals surface area contributed by atoms with Gasteiger partial charge >= 0.3 is 5.97 Å². The van der Waals surface area contributed by atoms with Crippen molar-refractivity contribution in [3.63, 3.8) is 0 Å². The van der Waals surface area contributed by atoms with Crippen molar-refractivity contribution in [2.75, 3.05) is 20.6 Å². The van der Waals surface area contributed by atoms with E-state index in [1.165, 1.54) is 34.9 Å². The Labute approximate surface area is 146 Å². The van der Waals surface area contributed by atoms with Crippen molar-refractivity contribution in [1.82, 2.24) is 9.80 Å². The summed E-state index contributed by atoms with van der Waals surface area (Å²) >= 11 is 0. The molecule has 0 unspecified atom stereocenters. The molecule has 1 aromatic carbocycles. The predicted octanol–water partition coefficient (Wildman–Crippen LogP) is 1.72. The summed E-state index contributed by atoms with van der Waals surface area (Å²) < 4.78 is 5.13. The minimum Gasteiger partial charge on any atom is -0.449 e. The molecule has 1 aliphatic rings. The van der Waals surface area contributed by atoms with Gasteiger partial charge in [0.25, 0.3) is 17.7 Å². The third-order valence-corrected chi connectivity index (χ3v) is 4.01. The molecule has 1 aromatic rings. The van der Waals surface area contributed by atoms with Crippen LogP contribution in [0.1, 0.15) is 57.8 Å². The summed E-state index contributed by atoms with van der Waals surface area (Å²) in [5, 5.41) is 0. The molecule has 0 bridgehead atoms. The number of benzene rings is 1. The highest BCUT2D eigenvalue weighted by Gasteiger charge is 2.35. The minimum atomic E-state index is -0.936. The lowest BCUT2D eigenvalue weighted by Crippen LogP contribution is -2.34. The first-order valence-corrected chi connectivity index (χ1v) is 8.20. The monoisotopic (exact) mass is 346 g/mol. The molecular formula is C18H22N2O5. The second-order valence-corrected chi connectivity index (χ2v) is 6.16. The van der Waals surface area contributed by atoms with Gasteiger partial charge in [0.05, 0.1) is 16.7 Å². The highest BCUT2D eigenvalue weighted by Crippen LogP contribution is 2.25. The quantitative estimate of drug-likeness (QED) is 0.578. The zero-order valence-corrected chi connectivity index (χ0v) is 14.9. The number of likely N-dealkylation sites (N-methyl/N-ethyl adjacent to an activating group) is 1. The Morgan fingerprint density at radius 3 is 2.40 bits per heavy atom. The van der Waals surface area contributed by atoms with Gasteiger partial charge in [0.2, 0.25) is 0 Å². The number of esters is 1. The van der Waals surface area contributed by atoms with Crippen molar-refractivity contribution in [2.45, 2.75) is 32.8 Å². The molecule has 7 nitrogen and oxygen atoms in total.